The maximum absolute atomic E-state index is 14.4. The van der Waals surface area contributed by atoms with Crippen LogP contribution in [0.3, 0.4) is 0 Å². The predicted octanol–water partition coefficient (Wildman–Crippen LogP) is 25.8. The Morgan fingerprint density at radius 2 is 0.545 bits per heavy atom. The number of hydrogen-bond acceptors (Lipinski definition) is 10. The van der Waals surface area contributed by atoms with E-state index < -0.39 is 23.3 Å². The van der Waals surface area contributed by atoms with Crippen LogP contribution in [0.2, 0.25) is 0 Å². The SMILES string of the molecule is CC(=O)CC(C)=O.Fc1cc(F)cc(-c2cnc3c4[c-]c(N(c5ccccc5)c5ccccc5)ccc4c4ccc(N(c5ccccc5)c5ccccc5)cc4c3n2)c1.Fc1cc(F)cc(-c2cnc3c4[c-]c(N(c5ccccc5)c5ccccc5)ccc4c4ccc(N(c5ccccc5)c5ccccc5)cc4c3n2)c1.[Ir+3]. The zero-order chi connectivity index (χ0) is 75.9. The maximum Gasteiger partial charge on any atom is 3.00 e. The summed E-state index contributed by atoms with van der Waals surface area (Å²) in [6, 6.07) is 117. The van der Waals surface area contributed by atoms with Gasteiger partial charge in [-0.25, -0.2) is 17.6 Å². The van der Waals surface area contributed by atoms with Crippen LogP contribution in [-0.4, -0.2) is 31.5 Å². The van der Waals surface area contributed by atoms with Gasteiger partial charge < -0.3 is 29.6 Å². The summed E-state index contributed by atoms with van der Waals surface area (Å²) in [5.41, 5.74) is 15.3. The molecule has 0 atom stereocenters. The molecule has 0 fully saturated rings. The summed E-state index contributed by atoms with van der Waals surface area (Å²) in [7, 11) is 0. The Morgan fingerprint density at radius 3 is 0.804 bits per heavy atom. The molecule has 0 aliphatic heterocycles. The largest absolute Gasteiger partial charge is 3.00 e. The third-order valence-electron chi connectivity index (χ3n) is 18.9. The van der Waals surface area contributed by atoms with Crippen LogP contribution < -0.4 is 19.6 Å². The molecule has 0 unspecified atom stereocenters. The molecule has 2 heterocycles. The van der Waals surface area contributed by atoms with Gasteiger partial charge in [-0.1, -0.05) is 179 Å². The van der Waals surface area contributed by atoms with Crippen molar-refractivity contribution >= 4 is 145 Å². The zero-order valence-corrected chi connectivity index (χ0v) is 62.8. The summed E-state index contributed by atoms with van der Waals surface area (Å²) in [5, 5.41) is 7.12. The Bertz CT molecular complexity index is 5860. The summed E-state index contributed by atoms with van der Waals surface area (Å²) < 4.78 is 57.8. The van der Waals surface area contributed by atoms with Gasteiger partial charge in [-0.15, -0.1) is 47.2 Å². The van der Waals surface area contributed by atoms with Crippen molar-refractivity contribution in [3.63, 3.8) is 0 Å². The van der Waals surface area contributed by atoms with Gasteiger partial charge in [0.05, 0.1) is 28.8 Å². The Labute approximate surface area is 657 Å². The van der Waals surface area contributed by atoms with Crippen LogP contribution >= 0.6 is 0 Å². The molecule has 18 rings (SSSR count). The first-order valence-electron chi connectivity index (χ1n) is 36.0. The van der Waals surface area contributed by atoms with Gasteiger partial charge in [0.2, 0.25) is 0 Å². The number of halogens is 4. The molecule has 15 heteroatoms. The summed E-state index contributed by atoms with van der Waals surface area (Å²) in [4.78, 5) is 48.9. The number of para-hydroxylation sites is 8. The maximum atomic E-state index is 14.4. The molecule has 0 aliphatic carbocycles. The normalized spacial score (nSPS) is 11.0. The number of anilines is 12. The fraction of sp³-hybridized carbons (Fsp3) is 0.0309. The van der Waals surface area contributed by atoms with E-state index in [1.54, 1.807) is 12.4 Å². The number of aromatic nitrogens is 4. The first-order chi connectivity index (χ1) is 54.3. The predicted molar refractivity (Wildman–Crippen MR) is 442 cm³/mol. The molecule has 112 heavy (non-hydrogen) atoms. The average molecular weight is 1640 g/mol. The summed E-state index contributed by atoms with van der Waals surface area (Å²) in [6.07, 6.45) is 3.25. The quantitative estimate of drug-likeness (QED) is 0.0402. The van der Waals surface area contributed by atoms with Crippen molar-refractivity contribution in [3.8, 4) is 22.5 Å². The van der Waals surface area contributed by atoms with Crippen LogP contribution in [0.25, 0.3) is 87.7 Å². The van der Waals surface area contributed by atoms with E-state index in [1.165, 1.54) is 38.1 Å². The van der Waals surface area contributed by atoms with Crippen LogP contribution in [0.4, 0.5) is 85.8 Å². The Morgan fingerprint density at radius 1 is 0.286 bits per heavy atom. The first kappa shape index (κ1) is 73.7. The van der Waals surface area contributed by atoms with E-state index in [2.05, 4.69) is 189 Å². The van der Waals surface area contributed by atoms with Crippen molar-refractivity contribution in [3.05, 3.63) is 388 Å². The number of carbonyl (C=O) groups is 2. The summed E-state index contributed by atoms with van der Waals surface area (Å²) >= 11 is 0. The topological polar surface area (TPSA) is 98.7 Å². The van der Waals surface area contributed by atoms with Crippen LogP contribution in [0.15, 0.2) is 352 Å². The Balaban J connectivity index is 0.000000162. The number of fused-ring (bicyclic) bond motifs is 12. The zero-order valence-electron chi connectivity index (χ0n) is 60.4. The number of carbonyl (C=O) groups excluding carboxylic acids is 2. The fourth-order valence-electron chi connectivity index (χ4n) is 14.2. The van der Waals surface area contributed by atoms with Gasteiger partial charge >= 0.3 is 20.1 Å². The van der Waals surface area contributed by atoms with E-state index in [9.17, 15) is 27.2 Å². The number of nitrogens with zero attached hydrogens (tertiary/aromatic N) is 8. The van der Waals surface area contributed by atoms with E-state index in [1.807, 2.05) is 146 Å². The first-order valence-corrected chi connectivity index (χ1v) is 36.0. The van der Waals surface area contributed by atoms with E-state index >= 15 is 0 Å². The molecule has 16 aromatic carbocycles. The van der Waals surface area contributed by atoms with Gasteiger partial charge in [0.25, 0.3) is 0 Å². The Hall–Kier alpha value is -13.9. The molecule has 0 bridgehead atoms. The summed E-state index contributed by atoms with van der Waals surface area (Å²) in [5.74, 6) is -2.83. The van der Waals surface area contributed by atoms with Crippen molar-refractivity contribution < 1.29 is 47.3 Å². The molecule has 2 aromatic heterocycles. The number of Topliss-reactive ketones (excluding diaryl/α,β-unsaturated/α-hetero) is 2. The van der Waals surface area contributed by atoms with Gasteiger partial charge in [-0.05, 0) is 182 Å². The monoisotopic (exact) mass is 1640 g/mol. The van der Waals surface area contributed by atoms with Crippen LogP contribution in [0.1, 0.15) is 20.3 Å². The molecule has 0 saturated carbocycles. The van der Waals surface area contributed by atoms with Crippen molar-refractivity contribution in [2.45, 2.75) is 20.3 Å². The van der Waals surface area contributed by atoms with E-state index in [-0.39, 0.29) is 38.1 Å². The molecule has 542 valence electrons. The molecule has 10 nitrogen and oxygen atoms in total. The molecule has 0 saturated heterocycles. The second kappa shape index (κ2) is 32.9. The molecular formula is C97H66F4IrN8O2+. The number of ketones is 2. The van der Waals surface area contributed by atoms with Gasteiger partial charge in [-0.3, -0.25) is 19.6 Å². The minimum Gasteiger partial charge on any atom is -0.328 e. The third kappa shape index (κ3) is 15.6. The van der Waals surface area contributed by atoms with Gasteiger partial charge in [0.1, 0.15) is 34.8 Å². The molecule has 0 radical (unpaired) electrons. The molecule has 0 amide bonds. The van der Waals surface area contributed by atoms with Crippen LogP contribution in [0.5, 0.6) is 0 Å². The summed E-state index contributed by atoms with van der Waals surface area (Å²) in [6.45, 7) is 2.81. The standard InChI is InChI=1S/2C46H29F2N4.C5H8O2.Ir/c2*47-32-25-31(26-33(48)27-32)44-30-49-45-42-28-38(51(34-13-5-1-6-14-34)35-15-7-2-8-16-35)21-23-40(42)41-24-22-39(29-43(41)46(45)50-44)52(36-17-9-3-10-18-36)37-19-11-4-12-20-37;1-4(6)3-5(2)7;/h2*1-27,29-30H;3H2,1-2H3;/q2*-1;;+3. The Kier molecular flexibility index (Phi) is 21.7. The minimum absolute atomic E-state index is 0. The second-order valence-electron chi connectivity index (χ2n) is 26.6. The van der Waals surface area contributed by atoms with Crippen molar-refractivity contribution in [1.29, 1.82) is 0 Å². The van der Waals surface area contributed by atoms with Gasteiger partial charge in [0, 0.05) is 104 Å². The molecule has 18 aromatic rings. The molecule has 0 aliphatic rings. The number of rotatable bonds is 16. The molecular weight excluding hydrogens is 1580 g/mol. The number of benzene rings is 16. The van der Waals surface area contributed by atoms with Crippen molar-refractivity contribution in [1.82, 2.24) is 19.9 Å². The average Bonchev–Trinajstić information content (AvgIpc) is 0.734. The molecule has 0 spiro atoms. The fourth-order valence-corrected chi connectivity index (χ4v) is 14.2. The smallest absolute Gasteiger partial charge is 0.328 e. The van der Waals surface area contributed by atoms with E-state index in [0.29, 0.717) is 44.6 Å². The van der Waals surface area contributed by atoms with Crippen LogP contribution in [-0.2, 0) is 29.7 Å². The van der Waals surface area contributed by atoms with Gasteiger partial charge in [0.15, 0.2) is 0 Å². The van der Waals surface area contributed by atoms with E-state index in [0.717, 1.165) is 123 Å². The van der Waals surface area contributed by atoms with Gasteiger partial charge in [-0.2, -0.15) is 0 Å². The third-order valence-corrected chi connectivity index (χ3v) is 18.9. The van der Waals surface area contributed by atoms with Crippen molar-refractivity contribution in [2.75, 3.05) is 19.6 Å². The van der Waals surface area contributed by atoms with E-state index in [4.69, 9.17) is 19.9 Å². The molecule has 0 N–H and O–H groups in total. The van der Waals surface area contributed by atoms with Crippen molar-refractivity contribution in [2.24, 2.45) is 0 Å². The van der Waals surface area contributed by atoms with Crippen LogP contribution in [0, 0.1) is 35.4 Å². The minimum atomic E-state index is -0.677. The number of hydrogen-bond donors (Lipinski definition) is 0. The second-order valence-corrected chi connectivity index (χ2v) is 26.6.